The lowest BCUT2D eigenvalue weighted by Gasteiger charge is -2.25. The summed E-state index contributed by atoms with van der Waals surface area (Å²) in [5.74, 6) is -0.119. The summed E-state index contributed by atoms with van der Waals surface area (Å²) >= 11 is 0. The van der Waals surface area contributed by atoms with Gasteiger partial charge in [0.05, 0.1) is 5.69 Å². The third-order valence-electron chi connectivity index (χ3n) is 4.36. The maximum absolute atomic E-state index is 12.9. The fraction of sp³-hybridized carbons (Fsp3) is 0.389. The number of nitrogens with zero attached hydrogens (tertiary/aromatic N) is 3. The molecular weight excluding hydrogens is 290 g/mol. The third kappa shape index (κ3) is 2.91. The van der Waals surface area contributed by atoms with Crippen molar-refractivity contribution in [1.82, 2.24) is 9.78 Å². The Hall–Kier alpha value is -2.43. The number of carbonyl (C=O) groups is 1. The fourth-order valence-corrected chi connectivity index (χ4v) is 3.10. The molecule has 1 atom stereocenters. The van der Waals surface area contributed by atoms with E-state index in [-0.39, 0.29) is 11.5 Å². The van der Waals surface area contributed by atoms with Crippen LogP contribution in [0.3, 0.4) is 0 Å². The number of para-hydroxylation sites is 1. The molecule has 1 unspecified atom stereocenters. The standard InChI is InChI=1S/C18H21N3O2/c1-3-20(15-9-5-4-6-10-15)18(23)13(2)21-17(22)12-14-8-7-11-16(14)19-21/h4-6,9-10,12-13H,3,7-8,11H2,1-2H3. The van der Waals surface area contributed by atoms with Gasteiger partial charge in [-0.3, -0.25) is 9.59 Å². The zero-order valence-corrected chi connectivity index (χ0v) is 13.5. The predicted molar refractivity (Wildman–Crippen MR) is 89.7 cm³/mol. The number of rotatable bonds is 4. The predicted octanol–water partition coefficient (Wildman–Crippen LogP) is 2.35. The molecule has 0 saturated heterocycles. The van der Waals surface area contributed by atoms with Crippen molar-refractivity contribution in [1.29, 1.82) is 0 Å². The number of aromatic nitrogens is 2. The highest BCUT2D eigenvalue weighted by Gasteiger charge is 2.25. The number of hydrogen-bond acceptors (Lipinski definition) is 3. The minimum Gasteiger partial charge on any atom is -0.311 e. The summed E-state index contributed by atoms with van der Waals surface area (Å²) in [7, 11) is 0. The Morgan fingerprint density at radius 1 is 1.30 bits per heavy atom. The normalized spacial score (nSPS) is 14.3. The molecule has 0 aliphatic heterocycles. The van der Waals surface area contributed by atoms with Crippen LogP contribution in [-0.2, 0) is 17.6 Å². The van der Waals surface area contributed by atoms with E-state index in [0.29, 0.717) is 6.54 Å². The Morgan fingerprint density at radius 3 is 2.74 bits per heavy atom. The first kappa shape index (κ1) is 15.5. The largest absolute Gasteiger partial charge is 0.311 e. The molecule has 1 heterocycles. The summed E-state index contributed by atoms with van der Waals surface area (Å²) < 4.78 is 1.33. The summed E-state index contributed by atoms with van der Waals surface area (Å²) in [5, 5.41) is 4.44. The summed E-state index contributed by atoms with van der Waals surface area (Å²) in [4.78, 5) is 26.8. The van der Waals surface area contributed by atoms with Gasteiger partial charge in [0.2, 0.25) is 0 Å². The Balaban J connectivity index is 1.92. The highest BCUT2D eigenvalue weighted by molar-refractivity contribution is 5.95. The van der Waals surface area contributed by atoms with Gasteiger partial charge in [-0.05, 0) is 50.8 Å². The molecule has 0 spiro atoms. The molecule has 1 aromatic carbocycles. The Labute approximate surface area is 135 Å². The number of carbonyl (C=O) groups excluding carboxylic acids is 1. The van der Waals surface area contributed by atoms with Crippen LogP contribution in [0.4, 0.5) is 5.69 Å². The van der Waals surface area contributed by atoms with E-state index in [4.69, 9.17) is 0 Å². The van der Waals surface area contributed by atoms with E-state index in [1.54, 1.807) is 17.9 Å². The van der Waals surface area contributed by atoms with Gasteiger partial charge in [-0.2, -0.15) is 5.10 Å². The number of aryl methyl sites for hydroxylation is 2. The maximum atomic E-state index is 12.9. The van der Waals surface area contributed by atoms with Gasteiger partial charge in [0, 0.05) is 18.3 Å². The molecule has 0 N–H and O–H groups in total. The van der Waals surface area contributed by atoms with E-state index in [9.17, 15) is 9.59 Å². The number of anilines is 1. The Morgan fingerprint density at radius 2 is 2.04 bits per heavy atom. The first-order valence-corrected chi connectivity index (χ1v) is 8.10. The molecule has 0 saturated carbocycles. The van der Waals surface area contributed by atoms with Crippen LogP contribution < -0.4 is 10.5 Å². The van der Waals surface area contributed by atoms with Crippen LogP contribution in [-0.4, -0.2) is 22.2 Å². The number of fused-ring (bicyclic) bond motifs is 1. The van der Waals surface area contributed by atoms with Crippen molar-refractivity contribution in [2.24, 2.45) is 0 Å². The van der Waals surface area contributed by atoms with E-state index in [2.05, 4.69) is 5.10 Å². The van der Waals surface area contributed by atoms with Crippen molar-refractivity contribution >= 4 is 11.6 Å². The molecule has 1 aromatic heterocycles. The molecule has 5 nitrogen and oxygen atoms in total. The average molecular weight is 311 g/mol. The van der Waals surface area contributed by atoms with Crippen molar-refractivity contribution in [2.45, 2.75) is 39.2 Å². The first-order valence-electron chi connectivity index (χ1n) is 8.10. The zero-order valence-electron chi connectivity index (χ0n) is 13.5. The lowest BCUT2D eigenvalue weighted by atomic mass is 10.2. The van der Waals surface area contributed by atoms with Gasteiger partial charge in [-0.1, -0.05) is 18.2 Å². The topological polar surface area (TPSA) is 55.2 Å². The summed E-state index contributed by atoms with van der Waals surface area (Å²) in [6.07, 6.45) is 2.82. The summed E-state index contributed by atoms with van der Waals surface area (Å²) in [6, 6.07) is 10.5. The number of hydrogen-bond donors (Lipinski definition) is 0. The van der Waals surface area contributed by atoms with E-state index in [1.807, 2.05) is 37.3 Å². The quantitative estimate of drug-likeness (QED) is 0.871. The number of likely N-dealkylation sites (N-methyl/N-ethyl adjacent to an activating group) is 1. The number of benzene rings is 1. The lowest BCUT2D eigenvalue weighted by molar-refractivity contribution is -0.121. The fourth-order valence-electron chi connectivity index (χ4n) is 3.10. The molecule has 120 valence electrons. The van der Waals surface area contributed by atoms with Gasteiger partial charge >= 0.3 is 0 Å². The highest BCUT2D eigenvalue weighted by Crippen LogP contribution is 2.20. The van der Waals surface area contributed by atoms with Crippen molar-refractivity contribution in [3.63, 3.8) is 0 Å². The molecule has 1 aliphatic carbocycles. The molecule has 23 heavy (non-hydrogen) atoms. The second-order valence-corrected chi connectivity index (χ2v) is 5.85. The summed E-state index contributed by atoms with van der Waals surface area (Å²) in [5.41, 5.74) is 2.62. The van der Waals surface area contributed by atoms with Crippen LogP contribution in [0.1, 0.15) is 37.6 Å². The van der Waals surface area contributed by atoms with Gasteiger partial charge in [0.1, 0.15) is 6.04 Å². The van der Waals surface area contributed by atoms with Gasteiger partial charge in [0.15, 0.2) is 0 Å². The molecule has 1 aliphatic rings. The van der Waals surface area contributed by atoms with Gasteiger partial charge in [0.25, 0.3) is 11.5 Å². The van der Waals surface area contributed by atoms with Crippen LogP contribution in [0, 0.1) is 0 Å². The Bertz CT molecular complexity index is 768. The minimum atomic E-state index is -0.617. The van der Waals surface area contributed by atoms with Crippen molar-refractivity contribution in [2.75, 3.05) is 11.4 Å². The SMILES string of the molecule is CCN(C(=O)C(C)n1nc2c(cc1=O)CCC2)c1ccccc1. The molecule has 0 radical (unpaired) electrons. The zero-order chi connectivity index (χ0) is 16.4. The molecule has 1 amide bonds. The van der Waals surface area contributed by atoms with Crippen LogP contribution in [0.25, 0.3) is 0 Å². The first-order chi connectivity index (χ1) is 11.1. The highest BCUT2D eigenvalue weighted by atomic mass is 16.2. The van der Waals surface area contributed by atoms with Crippen LogP contribution in [0.5, 0.6) is 0 Å². The van der Waals surface area contributed by atoms with Gasteiger partial charge < -0.3 is 4.90 Å². The van der Waals surface area contributed by atoms with Crippen LogP contribution in [0.15, 0.2) is 41.2 Å². The monoisotopic (exact) mass is 311 g/mol. The van der Waals surface area contributed by atoms with Crippen LogP contribution in [0.2, 0.25) is 0 Å². The number of amides is 1. The van der Waals surface area contributed by atoms with E-state index < -0.39 is 6.04 Å². The van der Waals surface area contributed by atoms with Crippen molar-refractivity contribution < 1.29 is 4.79 Å². The van der Waals surface area contributed by atoms with Crippen LogP contribution >= 0.6 is 0 Å². The molecule has 0 bridgehead atoms. The van der Waals surface area contributed by atoms with Crippen molar-refractivity contribution in [3.8, 4) is 0 Å². The van der Waals surface area contributed by atoms with Gasteiger partial charge in [-0.25, -0.2) is 4.68 Å². The maximum Gasteiger partial charge on any atom is 0.267 e. The second-order valence-electron chi connectivity index (χ2n) is 5.85. The molecule has 5 heteroatoms. The van der Waals surface area contributed by atoms with E-state index in [0.717, 1.165) is 36.2 Å². The molecule has 0 fully saturated rings. The van der Waals surface area contributed by atoms with E-state index >= 15 is 0 Å². The van der Waals surface area contributed by atoms with E-state index in [1.165, 1.54) is 4.68 Å². The summed E-state index contributed by atoms with van der Waals surface area (Å²) in [6.45, 7) is 4.22. The second kappa shape index (κ2) is 6.36. The molecule has 3 rings (SSSR count). The van der Waals surface area contributed by atoms with Crippen molar-refractivity contribution in [3.05, 3.63) is 58.0 Å². The van der Waals surface area contributed by atoms with Gasteiger partial charge in [-0.15, -0.1) is 0 Å². The average Bonchev–Trinajstić information content (AvgIpc) is 3.02. The Kier molecular flexibility index (Phi) is 4.28. The lowest BCUT2D eigenvalue weighted by Crippen LogP contribution is -2.40. The minimum absolute atomic E-state index is 0.119. The molecule has 2 aromatic rings. The third-order valence-corrected chi connectivity index (χ3v) is 4.36. The molecular formula is C18H21N3O2. The smallest absolute Gasteiger partial charge is 0.267 e.